The minimum absolute atomic E-state index is 0.0542. The lowest BCUT2D eigenvalue weighted by atomic mass is 9.96. The summed E-state index contributed by atoms with van der Waals surface area (Å²) in [5.41, 5.74) is 0.834. The van der Waals surface area contributed by atoms with E-state index in [4.69, 9.17) is 0 Å². The second-order valence-electron chi connectivity index (χ2n) is 6.85. The Morgan fingerprint density at radius 3 is 2.39 bits per heavy atom. The maximum absolute atomic E-state index is 13.8. The van der Waals surface area contributed by atoms with E-state index in [-0.39, 0.29) is 17.4 Å². The quantitative estimate of drug-likeness (QED) is 0.739. The molecule has 0 radical (unpaired) electrons. The summed E-state index contributed by atoms with van der Waals surface area (Å²) in [6.45, 7) is 3.81. The third-order valence-electron chi connectivity index (χ3n) is 4.99. The first-order valence-corrected chi connectivity index (χ1v) is 10.6. The number of piperidine rings is 1. The molecule has 28 heavy (non-hydrogen) atoms. The van der Waals surface area contributed by atoms with Crippen LogP contribution in [0.1, 0.15) is 40.5 Å². The molecule has 4 nitrogen and oxygen atoms in total. The van der Waals surface area contributed by atoms with Crippen molar-refractivity contribution in [2.45, 2.75) is 24.7 Å². The Morgan fingerprint density at radius 2 is 1.71 bits per heavy atom. The van der Waals surface area contributed by atoms with E-state index in [0.717, 1.165) is 23.5 Å². The van der Waals surface area contributed by atoms with Gasteiger partial charge in [0.1, 0.15) is 5.82 Å². The Labute approximate surface area is 169 Å². The lowest BCUT2D eigenvalue weighted by molar-refractivity contribution is 0.0679. The zero-order chi connectivity index (χ0) is 19.9. The van der Waals surface area contributed by atoms with E-state index >= 15 is 0 Å². The highest BCUT2D eigenvalue weighted by Crippen LogP contribution is 2.23. The van der Waals surface area contributed by atoms with Gasteiger partial charge in [-0.3, -0.25) is 9.59 Å². The van der Waals surface area contributed by atoms with Gasteiger partial charge in [-0.25, -0.2) is 4.39 Å². The fourth-order valence-electron chi connectivity index (χ4n) is 3.41. The molecule has 0 unspecified atom stereocenters. The van der Waals surface area contributed by atoms with Crippen LogP contribution in [0, 0.1) is 11.7 Å². The molecule has 1 aliphatic rings. The fraction of sp³-hybridized carbons (Fsp3) is 0.364. The van der Waals surface area contributed by atoms with Crippen molar-refractivity contribution < 1.29 is 14.0 Å². The first-order chi connectivity index (χ1) is 13.6. The summed E-state index contributed by atoms with van der Waals surface area (Å²) in [5, 5.41) is 3.04. The summed E-state index contributed by atoms with van der Waals surface area (Å²) < 4.78 is 13.8. The second kappa shape index (κ2) is 9.73. The smallest absolute Gasteiger partial charge is 0.256 e. The first kappa shape index (κ1) is 20.4. The highest BCUT2D eigenvalue weighted by Gasteiger charge is 2.25. The number of thioether (sulfide) groups is 1. The third-order valence-corrected chi connectivity index (χ3v) is 5.94. The van der Waals surface area contributed by atoms with Crippen molar-refractivity contribution >= 4 is 23.6 Å². The summed E-state index contributed by atoms with van der Waals surface area (Å²) >= 11 is 1.66. The minimum atomic E-state index is -0.481. The maximum atomic E-state index is 13.8. The Hall–Kier alpha value is -2.34. The molecule has 1 saturated heterocycles. The van der Waals surface area contributed by atoms with Crippen molar-refractivity contribution in [3.05, 3.63) is 65.5 Å². The lowest BCUT2D eigenvalue weighted by Gasteiger charge is -2.32. The molecule has 0 spiro atoms. The van der Waals surface area contributed by atoms with E-state index in [1.165, 1.54) is 12.1 Å². The van der Waals surface area contributed by atoms with Gasteiger partial charge in [0.15, 0.2) is 0 Å². The summed E-state index contributed by atoms with van der Waals surface area (Å²) in [6, 6.07) is 13.7. The molecule has 0 aliphatic carbocycles. The number of benzene rings is 2. The van der Waals surface area contributed by atoms with Crippen molar-refractivity contribution in [2.24, 2.45) is 5.92 Å². The monoisotopic (exact) mass is 400 g/mol. The molecule has 1 aliphatic heterocycles. The molecule has 6 heteroatoms. The molecule has 2 aromatic carbocycles. The Kier molecular flexibility index (Phi) is 7.09. The number of halogens is 1. The zero-order valence-electron chi connectivity index (χ0n) is 16.0. The van der Waals surface area contributed by atoms with Gasteiger partial charge in [0.25, 0.3) is 11.8 Å². The summed E-state index contributed by atoms with van der Waals surface area (Å²) in [6.07, 6.45) is 1.59. The highest BCUT2D eigenvalue weighted by atomic mass is 32.2. The summed E-state index contributed by atoms with van der Waals surface area (Å²) in [4.78, 5) is 27.7. The molecule has 1 heterocycles. The number of rotatable bonds is 6. The predicted octanol–water partition coefficient (Wildman–Crippen LogP) is 4.22. The van der Waals surface area contributed by atoms with Crippen LogP contribution in [0.15, 0.2) is 53.4 Å². The largest absolute Gasteiger partial charge is 0.352 e. The van der Waals surface area contributed by atoms with Crippen LogP contribution in [0.2, 0.25) is 0 Å². The third kappa shape index (κ3) is 4.93. The van der Waals surface area contributed by atoms with Crippen LogP contribution in [-0.2, 0) is 0 Å². The Bertz CT molecular complexity index is 835. The first-order valence-electron chi connectivity index (χ1n) is 9.64. The van der Waals surface area contributed by atoms with Gasteiger partial charge in [0.05, 0.1) is 11.1 Å². The van der Waals surface area contributed by atoms with Crippen molar-refractivity contribution in [1.29, 1.82) is 0 Å². The Balaban J connectivity index is 1.50. The van der Waals surface area contributed by atoms with Crippen LogP contribution < -0.4 is 5.32 Å². The maximum Gasteiger partial charge on any atom is 0.256 e. The molecule has 1 fully saturated rings. The van der Waals surface area contributed by atoms with Crippen molar-refractivity contribution in [3.63, 3.8) is 0 Å². The number of hydrogen-bond donors (Lipinski definition) is 1. The molecule has 3 rings (SSSR count). The standard InChI is InChI=1S/C22H25FN2O2S/c1-2-28-20-10-6-4-8-18(20)21(26)24-15-16-11-13-25(14-12-16)22(27)17-7-3-5-9-19(17)23/h3-10,16H,2,11-15H2,1H3,(H,24,26). The van der Waals surface area contributed by atoms with Crippen LogP contribution in [0.5, 0.6) is 0 Å². The summed E-state index contributed by atoms with van der Waals surface area (Å²) in [5.74, 6) is 0.441. The highest BCUT2D eigenvalue weighted by molar-refractivity contribution is 7.99. The number of carbonyl (C=O) groups is 2. The van der Waals surface area contributed by atoms with Gasteiger partial charge in [0, 0.05) is 24.5 Å². The molecule has 1 N–H and O–H groups in total. The van der Waals surface area contributed by atoms with Gasteiger partial charge in [-0.05, 0) is 48.8 Å². The average molecular weight is 401 g/mol. The molecular formula is C22H25FN2O2S. The molecular weight excluding hydrogens is 375 g/mol. The predicted molar refractivity (Wildman–Crippen MR) is 110 cm³/mol. The van der Waals surface area contributed by atoms with Gasteiger partial charge in [-0.1, -0.05) is 31.2 Å². The van der Waals surface area contributed by atoms with Crippen LogP contribution in [0.4, 0.5) is 4.39 Å². The molecule has 148 valence electrons. The van der Waals surface area contributed by atoms with E-state index in [9.17, 15) is 14.0 Å². The second-order valence-corrected chi connectivity index (χ2v) is 8.16. The van der Waals surface area contributed by atoms with Gasteiger partial charge < -0.3 is 10.2 Å². The van der Waals surface area contributed by atoms with Crippen LogP contribution in [0.3, 0.4) is 0 Å². The summed E-state index contributed by atoms with van der Waals surface area (Å²) in [7, 11) is 0. The molecule has 0 bridgehead atoms. The van der Waals surface area contributed by atoms with Gasteiger partial charge in [-0.15, -0.1) is 11.8 Å². The Morgan fingerprint density at radius 1 is 1.07 bits per heavy atom. The van der Waals surface area contributed by atoms with E-state index in [2.05, 4.69) is 12.2 Å². The van der Waals surface area contributed by atoms with Crippen molar-refractivity contribution in [3.8, 4) is 0 Å². The van der Waals surface area contributed by atoms with Crippen LogP contribution in [0.25, 0.3) is 0 Å². The van der Waals surface area contributed by atoms with E-state index in [0.29, 0.717) is 31.1 Å². The number of nitrogens with zero attached hydrogens (tertiary/aromatic N) is 1. The minimum Gasteiger partial charge on any atom is -0.352 e. The number of likely N-dealkylation sites (tertiary alicyclic amines) is 1. The van der Waals surface area contributed by atoms with E-state index < -0.39 is 5.82 Å². The average Bonchev–Trinajstić information content (AvgIpc) is 2.73. The van der Waals surface area contributed by atoms with Crippen LogP contribution in [-0.4, -0.2) is 42.1 Å². The molecule has 0 atom stereocenters. The number of carbonyl (C=O) groups excluding carboxylic acids is 2. The number of amides is 2. The molecule has 0 aromatic heterocycles. The van der Waals surface area contributed by atoms with Crippen molar-refractivity contribution in [1.82, 2.24) is 10.2 Å². The van der Waals surface area contributed by atoms with Gasteiger partial charge in [-0.2, -0.15) is 0 Å². The molecule has 2 aromatic rings. The normalized spacial score (nSPS) is 14.7. The molecule has 0 saturated carbocycles. The fourth-order valence-corrected chi connectivity index (χ4v) is 4.22. The van der Waals surface area contributed by atoms with Crippen molar-refractivity contribution in [2.75, 3.05) is 25.4 Å². The topological polar surface area (TPSA) is 49.4 Å². The van der Waals surface area contributed by atoms with Gasteiger partial charge >= 0.3 is 0 Å². The SMILES string of the molecule is CCSc1ccccc1C(=O)NCC1CCN(C(=O)c2ccccc2F)CC1. The van der Waals surface area contributed by atoms with E-state index in [1.54, 1.807) is 28.8 Å². The van der Waals surface area contributed by atoms with E-state index in [1.807, 2.05) is 24.3 Å². The zero-order valence-corrected chi connectivity index (χ0v) is 16.8. The molecule has 2 amide bonds. The number of hydrogen-bond acceptors (Lipinski definition) is 3. The lowest BCUT2D eigenvalue weighted by Crippen LogP contribution is -2.41. The van der Waals surface area contributed by atoms with Gasteiger partial charge in [0.2, 0.25) is 0 Å². The van der Waals surface area contributed by atoms with Crippen LogP contribution >= 0.6 is 11.8 Å². The number of nitrogens with one attached hydrogen (secondary N) is 1.